The lowest BCUT2D eigenvalue weighted by molar-refractivity contribution is -0.121. The van der Waals surface area contributed by atoms with E-state index in [0.717, 1.165) is 4.90 Å². The van der Waals surface area contributed by atoms with Gasteiger partial charge in [0.2, 0.25) is 0 Å². The molecule has 2 amide bonds. The molecule has 2 heterocycles. The number of nitrogens with zero attached hydrogens (tertiary/aromatic N) is 4. The molecule has 28 heavy (non-hydrogen) atoms. The van der Waals surface area contributed by atoms with Gasteiger partial charge >= 0.3 is 0 Å². The fourth-order valence-electron chi connectivity index (χ4n) is 3.30. The predicted molar refractivity (Wildman–Crippen MR) is 105 cm³/mol. The zero-order chi connectivity index (χ0) is 19.8. The van der Waals surface area contributed by atoms with Gasteiger partial charge in [-0.15, -0.1) is 11.8 Å². The van der Waals surface area contributed by atoms with Gasteiger partial charge in [0.25, 0.3) is 11.8 Å². The maximum absolute atomic E-state index is 13.2. The number of ether oxygens (including phenoxy) is 2. The van der Waals surface area contributed by atoms with Crippen molar-refractivity contribution in [1.29, 1.82) is 0 Å². The number of hydrogen-bond acceptors (Lipinski definition) is 8. The number of thioether (sulfide) groups is 1. The van der Waals surface area contributed by atoms with Crippen LogP contribution in [0.15, 0.2) is 57.7 Å². The van der Waals surface area contributed by atoms with Crippen LogP contribution in [0.3, 0.4) is 0 Å². The number of amides is 2. The predicted octanol–water partition coefficient (Wildman–Crippen LogP) is 2.92. The molecule has 1 saturated heterocycles. The second-order valence-corrected chi connectivity index (χ2v) is 7.10. The van der Waals surface area contributed by atoms with Crippen molar-refractivity contribution in [1.82, 2.24) is 0 Å². The molecule has 2 aliphatic rings. The van der Waals surface area contributed by atoms with Crippen LogP contribution in [-0.4, -0.2) is 44.4 Å². The van der Waals surface area contributed by atoms with Crippen molar-refractivity contribution < 1.29 is 19.1 Å². The van der Waals surface area contributed by atoms with Crippen molar-refractivity contribution in [3.63, 3.8) is 0 Å². The summed E-state index contributed by atoms with van der Waals surface area (Å²) in [5.74, 6) is 0.359. The Morgan fingerprint density at radius 1 is 0.964 bits per heavy atom. The van der Waals surface area contributed by atoms with Crippen LogP contribution in [0.1, 0.15) is 0 Å². The lowest BCUT2D eigenvalue weighted by Gasteiger charge is -2.21. The number of anilines is 2. The molecule has 2 aromatic carbocycles. The van der Waals surface area contributed by atoms with E-state index in [1.165, 1.54) is 24.1 Å². The van der Waals surface area contributed by atoms with Crippen LogP contribution in [0.5, 0.6) is 11.5 Å². The summed E-state index contributed by atoms with van der Waals surface area (Å²) >= 11 is 1.54. The highest BCUT2D eigenvalue weighted by Crippen LogP contribution is 2.38. The van der Waals surface area contributed by atoms with E-state index in [-0.39, 0.29) is 11.8 Å². The number of rotatable bonds is 5. The molecule has 9 heteroatoms. The molecular weight excluding hydrogens is 380 g/mol. The van der Waals surface area contributed by atoms with Gasteiger partial charge in [-0.25, -0.2) is 9.91 Å². The first kappa shape index (κ1) is 18.3. The lowest BCUT2D eigenvalue weighted by Crippen LogP contribution is -2.39. The summed E-state index contributed by atoms with van der Waals surface area (Å²) in [5.41, 5.74) is 1.10. The molecule has 0 unspecified atom stereocenters. The van der Waals surface area contributed by atoms with E-state index in [4.69, 9.17) is 9.47 Å². The lowest BCUT2D eigenvalue weighted by atomic mass is 10.1. The van der Waals surface area contributed by atoms with Crippen molar-refractivity contribution in [2.45, 2.75) is 17.0 Å². The summed E-state index contributed by atoms with van der Waals surface area (Å²) < 4.78 is 10.6. The summed E-state index contributed by atoms with van der Waals surface area (Å²) in [6, 6.07) is 10.8. The quantitative estimate of drug-likeness (QED) is 0.569. The van der Waals surface area contributed by atoms with Crippen LogP contribution in [0.2, 0.25) is 0 Å². The first-order chi connectivity index (χ1) is 13.6. The van der Waals surface area contributed by atoms with Crippen LogP contribution in [0.25, 0.3) is 0 Å². The molecular formula is C19H18N4O4S. The van der Waals surface area contributed by atoms with Crippen molar-refractivity contribution in [2.24, 2.45) is 10.3 Å². The number of benzene rings is 2. The third kappa shape index (κ3) is 2.88. The summed E-state index contributed by atoms with van der Waals surface area (Å²) in [6.07, 6.45) is 1.94. The SMILES string of the molecule is COc1cc(OC)cc(N2N=N[C@@H]3C(=O)N(c4cccc(SC)c4)C(=O)[C@H]32)c1. The Morgan fingerprint density at radius 2 is 1.68 bits per heavy atom. The molecule has 4 rings (SSSR count). The van der Waals surface area contributed by atoms with Crippen molar-refractivity contribution in [2.75, 3.05) is 30.4 Å². The normalized spacial score (nSPS) is 20.7. The van der Waals surface area contributed by atoms with Gasteiger partial charge < -0.3 is 9.47 Å². The Kier molecular flexibility index (Phi) is 4.68. The largest absolute Gasteiger partial charge is 0.497 e. The smallest absolute Gasteiger partial charge is 0.263 e. The highest BCUT2D eigenvalue weighted by Gasteiger charge is 2.55. The van der Waals surface area contributed by atoms with E-state index < -0.39 is 12.1 Å². The zero-order valence-corrected chi connectivity index (χ0v) is 16.3. The van der Waals surface area contributed by atoms with Gasteiger partial charge in [0.05, 0.1) is 25.6 Å². The average Bonchev–Trinajstić information content (AvgIpc) is 3.27. The zero-order valence-electron chi connectivity index (χ0n) is 15.5. The van der Waals surface area contributed by atoms with Crippen molar-refractivity contribution in [3.05, 3.63) is 42.5 Å². The molecule has 8 nitrogen and oxygen atoms in total. The van der Waals surface area contributed by atoms with Gasteiger partial charge in [0.15, 0.2) is 12.1 Å². The first-order valence-electron chi connectivity index (χ1n) is 8.52. The molecule has 0 spiro atoms. The second kappa shape index (κ2) is 7.16. The third-order valence-electron chi connectivity index (χ3n) is 4.69. The van der Waals surface area contributed by atoms with Crippen LogP contribution in [-0.2, 0) is 9.59 Å². The molecule has 0 N–H and O–H groups in total. The van der Waals surface area contributed by atoms with Crippen molar-refractivity contribution in [3.8, 4) is 11.5 Å². The summed E-state index contributed by atoms with van der Waals surface area (Å²) in [6.45, 7) is 0. The Bertz CT molecular complexity index is 958. The number of hydrogen-bond donors (Lipinski definition) is 0. The van der Waals surface area contributed by atoms with E-state index >= 15 is 0 Å². The molecule has 0 aliphatic carbocycles. The molecule has 0 aromatic heterocycles. The molecule has 0 bridgehead atoms. The fraction of sp³-hybridized carbons (Fsp3) is 0.263. The Hall–Kier alpha value is -3.07. The van der Waals surface area contributed by atoms with Gasteiger partial charge in [-0.2, -0.15) is 5.11 Å². The fourth-order valence-corrected chi connectivity index (χ4v) is 3.76. The minimum atomic E-state index is -0.873. The minimum absolute atomic E-state index is 0.361. The number of methoxy groups -OCH3 is 2. The van der Waals surface area contributed by atoms with E-state index in [1.807, 2.05) is 24.5 Å². The first-order valence-corrected chi connectivity index (χ1v) is 9.75. The monoisotopic (exact) mass is 398 g/mol. The minimum Gasteiger partial charge on any atom is -0.497 e. The van der Waals surface area contributed by atoms with E-state index in [2.05, 4.69) is 10.3 Å². The van der Waals surface area contributed by atoms with Gasteiger partial charge in [0.1, 0.15) is 11.5 Å². The van der Waals surface area contributed by atoms with E-state index in [9.17, 15) is 9.59 Å². The Balaban J connectivity index is 1.70. The highest BCUT2D eigenvalue weighted by molar-refractivity contribution is 7.98. The summed E-state index contributed by atoms with van der Waals surface area (Å²) in [4.78, 5) is 28.2. The maximum Gasteiger partial charge on any atom is 0.263 e. The molecule has 2 atom stereocenters. The standard InChI is InChI=1S/C19H18N4O4S/c1-26-13-7-12(8-14(10-13)27-2)23-17-16(20-21-23)18(24)22(19(17)25)11-5-4-6-15(9-11)28-3/h4-10,16-17H,1-3H3/t16-,17-/m0/s1. The van der Waals surface area contributed by atoms with Gasteiger partial charge in [-0.05, 0) is 24.5 Å². The Labute approximate surface area is 166 Å². The summed E-state index contributed by atoms with van der Waals surface area (Å²) in [7, 11) is 3.08. The van der Waals surface area contributed by atoms with Crippen LogP contribution in [0.4, 0.5) is 11.4 Å². The van der Waals surface area contributed by atoms with Crippen molar-refractivity contribution >= 4 is 35.0 Å². The molecule has 144 valence electrons. The maximum atomic E-state index is 13.2. The number of carbonyl (C=O) groups is 2. The Morgan fingerprint density at radius 3 is 2.32 bits per heavy atom. The van der Waals surface area contributed by atoms with Crippen LogP contribution in [0, 0.1) is 0 Å². The van der Waals surface area contributed by atoms with Crippen LogP contribution < -0.4 is 19.4 Å². The average molecular weight is 398 g/mol. The molecule has 1 fully saturated rings. The van der Waals surface area contributed by atoms with E-state index in [0.29, 0.717) is 22.9 Å². The summed E-state index contributed by atoms with van der Waals surface area (Å²) in [5, 5.41) is 9.60. The second-order valence-electron chi connectivity index (χ2n) is 6.22. The number of imide groups is 1. The third-order valence-corrected chi connectivity index (χ3v) is 5.42. The molecule has 2 aromatic rings. The highest BCUT2D eigenvalue weighted by atomic mass is 32.2. The van der Waals surface area contributed by atoms with Gasteiger partial charge in [-0.3, -0.25) is 9.59 Å². The topological polar surface area (TPSA) is 83.8 Å². The molecule has 2 aliphatic heterocycles. The molecule has 0 saturated carbocycles. The van der Waals surface area contributed by atoms with Gasteiger partial charge in [-0.1, -0.05) is 11.3 Å². The number of fused-ring (bicyclic) bond motifs is 1. The molecule has 0 radical (unpaired) electrons. The van der Waals surface area contributed by atoms with Gasteiger partial charge in [0, 0.05) is 23.1 Å². The number of carbonyl (C=O) groups excluding carboxylic acids is 2. The van der Waals surface area contributed by atoms with Crippen LogP contribution >= 0.6 is 11.8 Å². The van der Waals surface area contributed by atoms with E-state index in [1.54, 1.807) is 36.0 Å².